The minimum absolute atomic E-state index is 0.114. The Balaban J connectivity index is 2.54. The zero-order chi connectivity index (χ0) is 22.7. The predicted molar refractivity (Wildman–Crippen MR) is 110 cm³/mol. The van der Waals surface area contributed by atoms with Gasteiger partial charge in [0.1, 0.15) is 6.54 Å². The van der Waals surface area contributed by atoms with Gasteiger partial charge in [-0.1, -0.05) is 43.1 Å². The van der Waals surface area contributed by atoms with Gasteiger partial charge in [-0.05, 0) is 43.2 Å². The number of nitrogens with one attached hydrogen (secondary N) is 1. The molecule has 0 aliphatic heterocycles. The molecule has 0 aliphatic carbocycles. The Bertz CT molecular complexity index is 1010. The number of hydrogen-bond acceptors (Lipinski definition) is 3. The number of anilines is 1. The van der Waals surface area contributed by atoms with Gasteiger partial charge >= 0.3 is 6.18 Å². The zero-order valence-corrected chi connectivity index (χ0v) is 18.2. The molecule has 0 aliphatic rings. The minimum atomic E-state index is -4.79. The molecule has 0 saturated carbocycles. The van der Waals surface area contributed by atoms with E-state index in [1.54, 1.807) is 19.1 Å². The molecule has 0 aromatic heterocycles. The van der Waals surface area contributed by atoms with Crippen LogP contribution in [-0.2, 0) is 21.0 Å². The number of alkyl halides is 3. The van der Waals surface area contributed by atoms with Gasteiger partial charge in [0, 0.05) is 6.54 Å². The van der Waals surface area contributed by atoms with Crippen molar-refractivity contribution in [2.24, 2.45) is 5.92 Å². The molecule has 0 bridgehead atoms. The SMILES string of the molecule is Cc1ccc(S(=O)(=O)N(CC(=O)NCC(C)C)c2ccc(Cl)c(C(F)(F)F)c2)cc1. The number of carbonyl (C=O) groups is 1. The molecular weight excluding hydrogens is 441 g/mol. The van der Waals surface area contributed by atoms with Crippen LogP contribution >= 0.6 is 11.6 Å². The molecule has 1 amide bonds. The van der Waals surface area contributed by atoms with Gasteiger partial charge in [0.15, 0.2) is 0 Å². The summed E-state index contributed by atoms with van der Waals surface area (Å²) in [5.41, 5.74) is -0.693. The van der Waals surface area contributed by atoms with Crippen molar-refractivity contribution >= 4 is 33.2 Å². The van der Waals surface area contributed by atoms with Crippen molar-refractivity contribution in [3.05, 3.63) is 58.6 Å². The number of hydrogen-bond donors (Lipinski definition) is 1. The molecule has 164 valence electrons. The molecule has 0 fully saturated rings. The molecule has 2 aromatic carbocycles. The van der Waals surface area contributed by atoms with Crippen LogP contribution in [0.3, 0.4) is 0 Å². The fourth-order valence-corrected chi connectivity index (χ4v) is 4.18. The first kappa shape index (κ1) is 24.0. The van der Waals surface area contributed by atoms with Crippen LogP contribution in [0.15, 0.2) is 47.4 Å². The van der Waals surface area contributed by atoms with Gasteiger partial charge < -0.3 is 5.32 Å². The molecule has 2 aromatic rings. The number of rotatable bonds is 7. The molecule has 10 heteroatoms. The van der Waals surface area contributed by atoms with Gasteiger partial charge in [-0.15, -0.1) is 0 Å². The predicted octanol–water partition coefficient (Wildman–Crippen LogP) is 4.63. The zero-order valence-electron chi connectivity index (χ0n) is 16.6. The van der Waals surface area contributed by atoms with Gasteiger partial charge in [0.25, 0.3) is 10.0 Å². The van der Waals surface area contributed by atoms with Crippen LogP contribution in [0, 0.1) is 12.8 Å². The Hall–Kier alpha value is -2.26. The summed E-state index contributed by atoms with van der Waals surface area (Å²) in [4.78, 5) is 12.2. The highest BCUT2D eigenvalue weighted by Crippen LogP contribution is 2.38. The standard InChI is InChI=1S/C20H22ClF3N2O3S/c1-13(2)11-25-19(27)12-26(30(28,29)16-7-4-14(3)5-8-16)15-6-9-18(21)17(10-15)20(22,23)24/h4-10,13H,11-12H2,1-3H3,(H,25,27). The topological polar surface area (TPSA) is 66.5 Å². The Kier molecular flexibility index (Phi) is 7.41. The fourth-order valence-electron chi connectivity index (χ4n) is 2.54. The normalized spacial score (nSPS) is 12.1. The number of nitrogens with zero attached hydrogens (tertiary/aromatic N) is 1. The van der Waals surface area contributed by atoms with Crippen molar-refractivity contribution in [2.75, 3.05) is 17.4 Å². The Labute approximate surface area is 178 Å². The Morgan fingerprint density at radius 3 is 2.27 bits per heavy atom. The third kappa shape index (κ3) is 5.89. The van der Waals surface area contributed by atoms with E-state index in [9.17, 15) is 26.4 Å². The number of amides is 1. The number of halogens is 4. The first-order valence-electron chi connectivity index (χ1n) is 9.05. The van der Waals surface area contributed by atoms with E-state index in [0.717, 1.165) is 17.7 Å². The maximum atomic E-state index is 13.3. The highest BCUT2D eigenvalue weighted by molar-refractivity contribution is 7.92. The summed E-state index contributed by atoms with van der Waals surface area (Å²) >= 11 is 5.66. The van der Waals surface area contributed by atoms with Crippen LogP contribution in [0.2, 0.25) is 5.02 Å². The lowest BCUT2D eigenvalue weighted by molar-refractivity contribution is -0.137. The summed E-state index contributed by atoms with van der Waals surface area (Å²) in [7, 11) is -4.32. The molecule has 0 unspecified atom stereocenters. The van der Waals surface area contributed by atoms with Gasteiger partial charge in [-0.3, -0.25) is 9.10 Å². The average Bonchev–Trinajstić information content (AvgIpc) is 2.64. The summed E-state index contributed by atoms with van der Waals surface area (Å²) < 4.78 is 66.9. The van der Waals surface area contributed by atoms with E-state index in [1.807, 2.05) is 13.8 Å². The minimum Gasteiger partial charge on any atom is -0.354 e. The van der Waals surface area contributed by atoms with Crippen LogP contribution in [0.25, 0.3) is 0 Å². The first-order valence-corrected chi connectivity index (χ1v) is 10.9. The van der Waals surface area contributed by atoms with Gasteiger partial charge in [-0.25, -0.2) is 8.42 Å². The number of benzene rings is 2. The molecule has 1 N–H and O–H groups in total. The maximum absolute atomic E-state index is 13.3. The molecule has 0 radical (unpaired) electrons. The molecule has 2 rings (SSSR count). The lowest BCUT2D eigenvalue weighted by Gasteiger charge is -2.25. The molecule has 0 atom stereocenters. The number of carbonyl (C=O) groups excluding carboxylic acids is 1. The average molecular weight is 463 g/mol. The van der Waals surface area contributed by atoms with Crippen LogP contribution < -0.4 is 9.62 Å². The van der Waals surface area contributed by atoms with E-state index >= 15 is 0 Å². The number of aryl methyl sites for hydroxylation is 1. The molecule has 0 saturated heterocycles. The molecule has 30 heavy (non-hydrogen) atoms. The Morgan fingerprint density at radius 2 is 1.73 bits per heavy atom. The van der Waals surface area contributed by atoms with Crippen molar-refractivity contribution in [1.82, 2.24) is 5.32 Å². The Morgan fingerprint density at radius 1 is 1.13 bits per heavy atom. The fraction of sp³-hybridized carbons (Fsp3) is 0.350. The van der Waals surface area contributed by atoms with Gasteiger partial charge in [-0.2, -0.15) is 13.2 Å². The summed E-state index contributed by atoms with van der Waals surface area (Å²) in [6.45, 7) is 5.10. The van der Waals surface area contributed by atoms with Crippen LogP contribution in [-0.4, -0.2) is 27.4 Å². The van der Waals surface area contributed by atoms with Crippen molar-refractivity contribution in [3.8, 4) is 0 Å². The second kappa shape index (κ2) is 9.26. The first-order chi connectivity index (χ1) is 13.8. The van der Waals surface area contributed by atoms with Crippen LogP contribution in [0.1, 0.15) is 25.0 Å². The lowest BCUT2D eigenvalue weighted by Crippen LogP contribution is -2.41. The third-order valence-corrected chi connectivity index (χ3v) is 6.26. The second-order valence-corrected chi connectivity index (χ2v) is 9.45. The summed E-state index contributed by atoms with van der Waals surface area (Å²) in [5, 5.41) is 2.01. The highest BCUT2D eigenvalue weighted by atomic mass is 35.5. The van der Waals surface area contributed by atoms with E-state index in [4.69, 9.17) is 11.6 Å². The van der Waals surface area contributed by atoms with Crippen molar-refractivity contribution in [1.29, 1.82) is 0 Å². The molecular formula is C20H22ClF3N2O3S. The maximum Gasteiger partial charge on any atom is 0.417 e. The van der Waals surface area contributed by atoms with Crippen molar-refractivity contribution in [2.45, 2.75) is 31.8 Å². The van der Waals surface area contributed by atoms with E-state index < -0.39 is 39.2 Å². The lowest BCUT2D eigenvalue weighted by atomic mass is 10.2. The smallest absolute Gasteiger partial charge is 0.354 e. The van der Waals surface area contributed by atoms with E-state index in [0.29, 0.717) is 16.9 Å². The molecule has 0 heterocycles. The van der Waals surface area contributed by atoms with Crippen LogP contribution in [0.5, 0.6) is 0 Å². The second-order valence-electron chi connectivity index (χ2n) is 7.18. The van der Waals surface area contributed by atoms with Gasteiger partial charge in [0.05, 0.1) is 21.2 Å². The van der Waals surface area contributed by atoms with E-state index in [2.05, 4.69) is 5.32 Å². The largest absolute Gasteiger partial charge is 0.417 e. The van der Waals surface area contributed by atoms with Crippen LogP contribution in [0.4, 0.5) is 18.9 Å². The quantitative estimate of drug-likeness (QED) is 0.652. The highest BCUT2D eigenvalue weighted by Gasteiger charge is 2.35. The monoisotopic (exact) mass is 462 g/mol. The molecule has 0 spiro atoms. The van der Waals surface area contributed by atoms with Crippen molar-refractivity contribution in [3.63, 3.8) is 0 Å². The summed E-state index contributed by atoms with van der Waals surface area (Å²) in [5.74, 6) is -0.522. The van der Waals surface area contributed by atoms with E-state index in [1.165, 1.54) is 12.1 Å². The van der Waals surface area contributed by atoms with E-state index in [-0.39, 0.29) is 16.5 Å². The third-order valence-electron chi connectivity index (χ3n) is 4.15. The molecule has 5 nitrogen and oxygen atoms in total. The van der Waals surface area contributed by atoms with Gasteiger partial charge in [0.2, 0.25) is 5.91 Å². The summed E-state index contributed by atoms with van der Waals surface area (Å²) in [6.07, 6.45) is -4.79. The summed E-state index contributed by atoms with van der Waals surface area (Å²) in [6, 6.07) is 8.53. The number of sulfonamides is 1. The van der Waals surface area contributed by atoms with Crippen molar-refractivity contribution < 1.29 is 26.4 Å².